The van der Waals surface area contributed by atoms with Gasteiger partial charge in [0.05, 0.1) is 5.56 Å². The molecule has 1 aromatic carbocycles. The third-order valence-electron chi connectivity index (χ3n) is 2.78. The molecule has 0 unspecified atom stereocenters. The van der Waals surface area contributed by atoms with Crippen LogP contribution in [0, 0.1) is 13.8 Å². The Morgan fingerprint density at radius 1 is 1.25 bits per heavy atom. The molecule has 2 N–H and O–H groups in total. The first-order valence-electron chi connectivity index (χ1n) is 5.05. The lowest BCUT2D eigenvalue weighted by atomic mass is 10.0. The molecule has 3 heteroatoms. The molecule has 16 heavy (non-hydrogen) atoms. The minimum atomic E-state index is -0.364. The maximum atomic E-state index is 11.3. The highest BCUT2D eigenvalue weighted by molar-refractivity contribution is 7.14. The van der Waals surface area contributed by atoms with Gasteiger partial charge in [0.2, 0.25) is 5.91 Å². The maximum absolute atomic E-state index is 11.3. The maximum Gasteiger partial charge on any atom is 0.250 e. The van der Waals surface area contributed by atoms with Gasteiger partial charge in [0.25, 0.3) is 0 Å². The van der Waals surface area contributed by atoms with Crippen molar-refractivity contribution in [3.8, 4) is 10.4 Å². The first-order chi connectivity index (χ1) is 7.61. The van der Waals surface area contributed by atoms with E-state index < -0.39 is 0 Å². The minimum Gasteiger partial charge on any atom is -0.366 e. The third-order valence-corrected chi connectivity index (χ3v) is 3.73. The average Bonchev–Trinajstić information content (AvgIpc) is 2.70. The predicted octanol–water partition coefficient (Wildman–Crippen LogP) is 3.13. The van der Waals surface area contributed by atoms with E-state index in [-0.39, 0.29) is 5.91 Å². The van der Waals surface area contributed by atoms with Crippen LogP contribution < -0.4 is 5.73 Å². The summed E-state index contributed by atoms with van der Waals surface area (Å²) in [7, 11) is 0. The Morgan fingerprint density at radius 3 is 2.69 bits per heavy atom. The second kappa shape index (κ2) is 4.10. The third kappa shape index (κ3) is 1.74. The molecule has 2 nitrogen and oxygen atoms in total. The molecule has 0 aliphatic carbocycles. The summed E-state index contributed by atoms with van der Waals surface area (Å²) in [6.07, 6.45) is 0. The Balaban J connectivity index is 2.63. The molecule has 0 spiro atoms. The zero-order chi connectivity index (χ0) is 11.7. The van der Waals surface area contributed by atoms with Crippen LogP contribution in [0.1, 0.15) is 21.5 Å². The highest BCUT2D eigenvalue weighted by Crippen LogP contribution is 2.32. The van der Waals surface area contributed by atoms with Crippen molar-refractivity contribution in [1.82, 2.24) is 0 Å². The molecule has 0 radical (unpaired) electrons. The zero-order valence-electron chi connectivity index (χ0n) is 9.28. The standard InChI is InChI=1S/C13H13NOS/c1-8-4-3-5-10(9(8)2)12-11(13(14)15)6-7-16-12/h3-7H,1-2H3,(H2,14,15). The number of carbonyl (C=O) groups is 1. The van der Waals surface area contributed by atoms with Crippen LogP contribution in [-0.2, 0) is 0 Å². The fourth-order valence-electron chi connectivity index (χ4n) is 1.71. The van der Waals surface area contributed by atoms with Crippen molar-refractivity contribution < 1.29 is 4.79 Å². The van der Waals surface area contributed by atoms with Gasteiger partial charge in [0.15, 0.2) is 0 Å². The number of aryl methyl sites for hydroxylation is 1. The first-order valence-corrected chi connectivity index (χ1v) is 5.93. The summed E-state index contributed by atoms with van der Waals surface area (Å²) in [5.41, 5.74) is 9.49. The molecule has 0 bridgehead atoms. The van der Waals surface area contributed by atoms with Crippen molar-refractivity contribution in [2.75, 3.05) is 0 Å². The van der Waals surface area contributed by atoms with Gasteiger partial charge in [-0.1, -0.05) is 18.2 Å². The normalized spacial score (nSPS) is 10.4. The van der Waals surface area contributed by atoms with Crippen molar-refractivity contribution in [2.45, 2.75) is 13.8 Å². The average molecular weight is 231 g/mol. The second-order valence-corrected chi connectivity index (χ2v) is 4.69. The van der Waals surface area contributed by atoms with Gasteiger partial charge < -0.3 is 5.73 Å². The van der Waals surface area contributed by atoms with Gasteiger partial charge in [-0.2, -0.15) is 0 Å². The van der Waals surface area contributed by atoms with Crippen LogP contribution in [0.4, 0.5) is 0 Å². The Labute approximate surface area is 98.7 Å². The SMILES string of the molecule is Cc1cccc(-c2sccc2C(N)=O)c1C. The molecule has 82 valence electrons. The van der Waals surface area contributed by atoms with Gasteiger partial charge in [0, 0.05) is 4.88 Å². The van der Waals surface area contributed by atoms with E-state index in [1.807, 2.05) is 17.5 Å². The number of thiophene rings is 1. The van der Waals surface area contributed by atoms with E-state index in [1.165, 1.54) is 11.1 Å². The molecule has 0 saturated carbocycles. The molecular formula is C13H13NOS. The molecule has 0 aliphatic heterocycles. The Bertz CT molecular complexity index is 543. The number of hydrogen-bond donors (Lipinski definition) is 1. The number of carbonyl (C=O) groups excluding carboxylic acids is 1. The van der Waals surface area contributed by atoms with Gasteiger partial charge >= 0.3 is 0 Å². The van der Waals surface area contributed by atoms with E-state index in [4.69, 9.17) is 5.73 Å². The summed E-state index contributed by atoms with van der Waals surface area (Å²) in [6.45, 7) is 4.13. The van der Waals surface area contributed by atoms with E-state index in [0.717, 1.165) is 10.4 Å². The molecule has 1 amide bonds. The van der Waals surface area contributed by atoms with Gasteiger partial charge in [-0.15, -0.1) is 11.3 Å². The van der Waals surface area contributed by atoms with Crippen molar-refractivity contribution in [3.63, 3.8) is 0 Å². The number of primary amides is 1. The van der Waals surface area contributed by atoms with E-state index in [9.17, 15) is 4.79 Å². The second-order valence-electron chi connectivity index (χ2n) is 3.78. The van der Waals surface area contributed by atoms with Gasteiger partial charge in [0.1, 0.15) is 0 Å². The van der Waals surface area contributed by atoms with Crippen LogP contribution in [0.25, 0.3) is 10.4 Å². The van der Waals surface area contributed by atoms with E-state index in [1.54, 1.807) is 17.4 Å². The number of amides is 1. The van der Waals surface area contributed by atoms with Crippen LogP contribution in [0.2, 0.25) is 0 Å². The molecule has 1 heterocycles. The van der Waals surface area contributed by atoms with Crippen LogP contribution in [0.3, 0.4) is 0 Å². The zero-order valence-corrected chi connectivity index (χ0v) is 10.1. The van der Waals surface area contributed by atoms with Crippen molar-refractivity contribution in [2.24, 2.45) is 5.73 Å². The molecule has 0 fully saturated rings. The van der Waals surface area contributed by atoms with E-state index >= 15 is 0 Å². The summed E-state index contributed by atoms with van der Waals surface area (Å²) in [6, 6.07) is 7.88. The lowest BCUT2D eigenvalue weighted by Gasteiger charge is -2.07. The summed E-state index contributed by atoms with van der Waals surface area (Å²) in [5, 5.41) is 1.90. The van der Waals surface area contributed by atoms with Crippen LogP contribution in [0.15, 0.2) is 29.6 Å². The van der Waals surface area contributed by atoms with Gasteiger partial charge in [-0.25, -0.2) is 0 Å². The Morgan fingerprint density at radius 2 is 2.00 bits per heavy atom. The number of benzene rings is 1. The molecule has 1 aromatic heterocycles. The quantitative estimate of drug-likeness (QED) is 0.847. The van der Waals surface area contributed by atoms with Gasteiger partial charge in [-0.3, -0.25) is 4.79 Å². The summed E-state index contributed by atoms with van der Waals surface area (Å²) < 4.78 is 0. The monoisotopic (exact) mass is 231 g/mol. The number of rotatable bonds is 2. The highest BCUT2D eigenvalue weighted by Gasteiger charge is 2.13. The van der Waals surface area contributed by atoms with E-state index in [2.05, 4.69) is 19.9 Å². The van der Waals surface area contributed by atoms with Crippen LogP contribution in [-0.4, -0.2) is 5.91 Å². The van der Waals surface area contributed by atoms with E-state index in [0.29, 0.717) is 5.56 Å². The van der Waals surface area contributed by atoms with Gasteiger partial charge in [-0.05, 0) is 42.0 Å². The Hall–Kier alpha value is -1.61. The predicted molar refractivity (Wildman–Crippen MR) is 67.7 cm³/mol. The Kier molecular flexibility index (Phi) is 2.79. The first kappa shape index (κ1) is 10.9. The topological polar surface area (TPSA) is 43.1 Å². The number of hydrogen-bond acceptors (Lipinski definition) is 2. The van der Waals surface area contributed by atoms with Crippen molar-refractivity contribution in [1.29, 1.82) is 0 Å². The highest BCUT2D eigenvalue weighted by atomic mass is 32.1. The lowest BCUT2D eigenvalue weighted by Crippen LogP contribution is -2.10. The molecule has 0 aliphatic rings. The smallest absolute Gasteiger partial charge is 0.250 e. The molecule has 2 rings (SSSR count). The summed E-state index contributed by atoms with van der Waals surface area (Å²) in [4.78, 5) is 12.2. The van der Waals surface area contributed by atoms with Crippen molar-refractivity contribution >= 4 is 17.2 Å². The largest absolute Gasteiger partial charge is 0.366 e. The lowest BCUT2D eigenvalue weighted by molar-refractivity contribution is 0.100. The number of nitrogens with two attached hydrogens (primary N) is 1. The summed E-state index contributed by atoms with van der Waals surface area (Å²) in [5.74, 6) is -0.364. The van der Waals surface area contributed by atoms with Crippen LogP contribution >= 0.6 is 11.3 Å². The molecule has 0 atom stereocenters. The van der Waals surface area contributed by atoms with Crippen LogP contribution in [0.5, 0.6) is 0 Å². The van der Waals surface area contributed by atoms with Crippen molar-refractivity contribution in [3.05, 3.63) is 46.3 Å². The molecular weight excluding hydrogens is 218 g/mol. The minimum absolute atomic E-state index is 0.364. The molecule has 2 aromatic rings. The fourth-order valence-corrected chi connectivity index (χ4v) is 2.69. The fraction of sp³-hybridized carbons (Fsp3) is 0.154. The summed E-state index contributed by atoms with van der Waals surface area (Å²) >= 11 is 1.55. The molecule has 0 saturated heterocycles.